The number of fused-ring (bicyclic) bond motifs is 2. The predicted octanol–water partition coefficient (Wildman–Crippen LogP) is 5.03. The minimum atomic E-state index is 0.241. The Hall–Kier alpha value is -0.820. The molecule has 1 aromatic rings. The van der Waals surface area contributed by atoms with Crippen molar-refractivity contribution < 1.29 is 0 Å². The Balaban J connectivity index is 1.61. The van der Waals surface area contributed by atoms with Crippen molar-refractivity contribution in [3.05, 3.63) is 35.4 Å². The Kier molecular flexibility index (Phi) is 4.16. The first kappa shape index (κ1) is 14.1. The average Bonchev–Trinajstić information content (AvgIpc) is 3.09. The SMILES string of the molecule is CCC(C)c1ccc(C(N)CC2CC3CCC2C3)cc1. The van der Waals surface area contributed by atoms with Crippen molar-refractivity contribution in [2.75, 3.05) is 0 Å². The second kappa shape index (κ2) is 5.89. The van der Waals surface area contributed by atoms with Crippen LogP contribution in [0.5, 0.6) is 0 Å². The van der Waals surface area contributed by atoms with Crippen LogP contribution in [-0.2, 0) is 0 Å². The van der Waals surface area contributed by atoms with Crippen molar-refractivity contribution in [3.8, 4) is 0 Å². The monoisotopic (exact) mass is 271 g/mol. The smallest absolute Gasteiger partial charge is 0.0297 e. The molecule has 0 saturated heterocycles. The van der Waals surface area contributed by atoms with E-state index in [1.54, 1.807) is 0 Å². The molecule has 1 aromatic carbocycles. The molecule has 0 aromatic heterocycles. The van der Waals surface area contributed by atoms with Crippen molar-refractivity contribution in [2.45, 2.75) is 64.3 Å². The number of benzene rings is 1. The predicted molar refractivity (Wildman–Crippen MR) is 85.6 cm³/mol. The van der Waals surface area contributed by atoms with E-state index in [9.17, 15) is 0 Å². The minimum absolute atomic E-state index is 0.241. The summed E-state index contributed by atoms with van der Waals surface area (Å²) in [6.45, 7) is 4.55. The molecule has 0 aliphatic heterocycles. The van der Waals surface area contributed by atoms with E-state index in [0.717, 1.165) is 17.8 Å². The number of hydrogen-bond donors (Lipinski definition) is 1. The summed E-state index contributed by atoms with van der Waals surface area (Å²) in [5.41, 5.74) is 9.25. The van der Waals surface area contributed by atoms with Crippen LogP contribution in [0, 0.1) is 17.8 Å². The molecule has 110 valence electrons. The first-order valence-electron chi connectivity index (χ1n) is 8.52. The van der Waals surface area contributed by atoms with Crippen LogP contribution in [0.2, 0.25) is 0 Å². The van der Waals surface area contributed by atoms with Crippen molar-refractivity contribution >= 4 is 0 Å². The molecule has 0 amide bonds. The minimum Gasteiger partial charge on any atom is -0.324 e. The number of nitrogens with two attached hydrogens (primary N) is 1. The zero-order valence-electron chi connectivity index (χ0n) is 13.0. The van der Waals surface area contributed by atoms with Gasteiger partial charge in [0.25, 0.3) is 0 Å². The lowest BCUT2D eigenvalue weighted by atomic mass is 9.83. The highest BCUT2D eigenvalue weighted by atomic mass is 14.6. The summed E-state index contributed by atoms with van der Waals surface area (Å²) in [6, 6.07) is 9.33. The second-order valence-electron chi connectivity index (χ2n) is 7.25. The molecule has 2 fully saturated rings. The van der Waals surface area contributed by atoms with E-state index >= 15 is 0 Å². The summed E-state index contributed by atoms with van der Waals surface area (Å²) in [5.74, 6) is 3.58. The van der Waals surface area contributed by atoms with E-state index in [1.807, 2.05) is 0 Å². The summed E-state index contributed by atoms with van der Waals surface area (Å²) in [7, 11) is 0. The van der Waals surface area contributed by atoms with Crippen LogP contribution in [0.1, 0.15) is 75.5 Å². The van der Waals surface area contributed by atoms with Crippen molar-refractivity contribution in [2.24, 2.45) is 23.5 Å². The molecule has 1 heteroatoms. The third-order valence-electron chi connectivity index (χ3n) is 5.99. The van der Waals surface area contributed by atoms with Gasteiger partial charge in [-0.25, -0.2) is 0 Å². The summed E-state index contributed by atoms with van der Waals surface area (Å²) < 4.78 is 0. The van der Waals surface area contributed by atoms with Crippen LogP contribution < -0.4 is 5.73 Å². The molecule has 0 radical (unpaired) electrons. The van der Waals surface area contributed by atoms with Gasteiger partial charge in [-0.05, 0) is 66.9 Å². The van der Waals surface area contributed by atoms with E-state index in [1.165, 1.54) is 49.7 Å². The highest BCUT2D eigenvalue weighted by molar-refractivity contribution is 5.27. The first-order valence-corrected chi connectivity index (χ1v) is 8.52. The first-order chi connectivity index (χ1) is 9.67. The third kappa shape index (κ3) is 2.79. The Morgan fingerprint density at radius 1 is 1.10 bits per heavy atom. The summed E-state index contributed by atoms with van der Waals surface area (Å²) >= 11 is 0. The summed E-state index contributed by atoms with van der Waals surface area (Å²) in [6.07, 6.45) is 8.29. The van der Waals surface area contributed by atoms with E-state index in [2.05, 4.69) is 38.1 Å². The second-order valence-corrected chi connectivity index (χ2v) is 7.25. The summed E-state index contributed by atoms with van der Waals surface area (Å²) in [4.78, 5) is 0. The van der Waals surface area contributed by atoms with Crippen LogP contribution in [0.25, 0.3) is 0 Å². The van der Waals surface area contributed by atoms with Gasteiger partial charge in [0.2, 0.25) is 0 Å². The number of rotatable bonds is 5. The van der Waals surface area contributed by atoms with Crippen LogP contribution >= 0.6 is 0 Å². The highest BCUT2D eigenvalue weighted by Crippen LogP contribution is 2.50. The van der Waals surface area contributed by atoms with E-state index in [0.29, 0.717) is 5.92 Å². The Labute approximate surface area is 124 Å². The standard InChI is InChI=1S/C19H29N/c1-3-13(2)15-6-8-16(9-7-15)19(20)12-18-11-14-4-5-17(18)10-14/h6-9,13-14,17-19H,3-5,10-12,20H2,1-2H3. The maximum atomic E-state index is 6.47. The van der Waals surface area contributed by atoms with Crippen molar-refractivity contribution in [1.29, 1.82) is 0 Å². The third-order valence-corrected chi connectivity index (χ3v) is 5.99. The van der Waals surface area contributed by atoms with Crippen LogP contribution in [0.4, 0.5) is 0 Å². The van der Waals surface area contributed by atoms with E-state index in [4.69, 9.17) is 5.73 Å². The zero-order valence-corrected chi connectivity index (χ0v) is 13.0. The highest BCUT2D eigenvalue weighted by Gasteiger charge is 2.39. The molecule has 2 aliphatic carbocycles. The summed E-state index contributed by atoms with van der Waals surface area (Å²) in [5, 5.41) is 0. The number of hydrogen-bond acceptors (Lipinski definition) is 1. The van der Waals surface area contributed by atoms with Gasteiger partial charge in [0.15, 0.2) is 0 Å². The zero-order chi connectivity index (χ0) is 14.1. The fraction of sp³-hybridized carbons (Fsp3) is 0.684. The van der Waals surface area contributed by atoms with Crippen molar-refractivity contribution in [1.82, 2.24) is 0 Å². The Morgan fingerprint density at radius 2 is 1.80 bits per heavy atom. The molecule has 3 rings (SSSR count). The lowest BCUT2D eigenvalue weighted by Crippen LogP contribution is -2.19. The maximum absolute atomic E-state index is 6.47. The molecule has 0 heterocycles. The Morgan fingerprint density at radius 3 is 2.35 bits per heavy atom. The van der Waals surface area contributed by atoms with E-state index < -0.39 is 0 Å². The van der Waals surface area contributed by atoms with Gasteiger partial charge < -0.3 is 5.73 Å². The Bertz CT molecular complexity index is 436. The molecule has 2 saturated carbocycles. The molecule has 5 atom stereocenters. The molecule has 2 bridgehead atoms. The molecule has 1 nitrogen and oxygen atoms in total. The average molecular weight is 271 g/mol. The lowest BCUT2D eigenvalue weighted by molar-refractivity contribution is 0.296. The normalized spacial score (nSPS) is 31.4. The van der Waals surface area contributed by atoms with Gasteiger partial charge in [-0.1, -0.05) is 44.5 Å². The quantitative estimate of drug-likeness (QED) is 0.799. The molecular formula is C19H29N. The van der Waals surface area contributed by atoms with Gasteiger partial charge in [0.05, 0.1) is 0 Å². The van der Waals surface area contributed by atoms with Gasteiger partial charge in [0.1, 0.15) is 0 Å². The molecule has 20 heavy (non-hydrogen) atoms. The van der Waals surface area contributed by atoms with Gasteiger partial charge >= 0.3 is 0 Å². The topological polar surface area (TPSA) is 26.0 Å². The molecular weight excluding hydrogens is 242 g/mol. The molecule has 2 aliphatic rings. The van der Waals surface area contributed by atoms with Gasteiger partial charge in [-0.3, -0.25) is 0 Å². The van der Waals surface area contributed by atoms with Gasteiger partial charge in [0, 0.05) is 6.04 Å². The van der Waals surface area contributed by atoms with Gasteiger partial charge in [-0.15, -0.1) is 0 Å². The molecule has 5 unspecified atom stereocenters. The van der Waals surface area contributed by atoms with Crippen LogP contribution in [0.3, 0.4) is 0 Å². The fourth-order valence-corrected chi connectivity index (χ4v) is 4.43. The van der Waals surface area contributed by atoms with Crippen LogP contribution in [-0.4, -0.2) is 0 Å². The van der Waals surface area contributed by atoms with Crippen molar-refractivity contribution in [3.63, 3.8) is 0 Å². The van der Waals surface area contributed by atoms with E-state index in [-0.39, 0.29) is 6.04 Å². The molecule has 0 spiro atoms. The van der Waals surface area contributed by atoms with Gasteiger partial charge in [-0.2, -0.15) is 0 Å². The maximum Gasteiger partial charge on any atom is 0.0297 e. The van der Waals surface area contributed by atoms with Crippen LogP contribution in [0.15, 0.2) is 24.3 Å². The fourth-order valence-electron chi connectivity index (χ4n) is 4.43. The molecule has 2 N–H and O–H groups in total. The largest absolute Gasteiger partial charge is 0.324 e. The lowest BCUT2D eigenvalue weighted by Gasteiger charge is -2.25.